The van der Waals surface area contributed by atoms with E-state index < -0.39 is 0 Å². The standard InChI is InChI=1S/C18H22N2OS/c1-14-16(13-17(21)20-11-7-2-3-8-12-20)22-18(19-14)15-9-5-4-6-10-15/h4-6,9-10H,2-3,7-8,11-13H2,1H3. The summed E-state index contributed by atoms with van der Waals surface area (Å²) in [7, 11) is 0. The summed E-state index contributed by atoms with van der Waals surface area (Å²) in [5, 5.41) is 1.01. The Kier molecular flexibility index (Phi) is 4.88. The van der Waals surface area contributed by atoms with Crippen molar-refractivity contribution >= 4 is 17.2 Å². The van der Waals surface area contributed by atoms with Gasteiger partial charge in [0.1, 0.15) is 5.01 Å². The maximum atomic E-state index is 12.5. The molecule has 116 valence electrons. The van der Waals surface area contributed by atoms with Gasteiger partial charge in [0.2, 0.25) is 5.91 Å². The third kappa shape index (κ3) is 3.55. The van der Waals surface area contributed by atoms with Crippen LogP contribution in [0.3, 0.4) is 0 Å². The van der Waals surface area contributed by atoms with Gasteiger partial charge in [-0.3, -0.25) is 4.79 Å². The number of benzene rings is 1. The highest BCUT2D eigenvalue weighted by Gasteiger charge is 2.19. The molecule has 0 N–H and O–H groups in total. The lowest BCUT2D eigenvalue weighted by Crippen LogP contribution is -2.33. The molecule has 22 heavy (non-hydrogen) atoms. The molecule has 1 fully saturated rings. The quantitative estimate of drug-likeness (QED) is 0.856. The number of amides is 1. The summed E-state index contributed by atoms with van der Waals surface area (Å²) in [6, 6.07) is 10.2. The average molecular weight is 314 g/mol. The normalized spacial score (nSPS) is 15.6. The van der Waals surface area contributed by atoms with Gasteiger partial charge in [0.15, 0.2) is 0 Å². The molecule has 4 heteroatoms. The van der Waals surface area contributed by atoms with Crippen molar-refractivity contribution < 1.29 is 4.79 Å². The van der Waals surface area contributed by atoms with Crippen LogP contribution in [-0.2, 0) is 11.2 Å². The molecule has 3 nitrogen and oxygen atoms in total. The zero-order valence-corrected chi connectivity index (χ0v) is 13.9. The molecule has 1 amide bonds. The summed E-state index contributed by atoms with van der Waals surface area (Å²) in [6.07, 6.45) is 5.28. The van der Waals surface area contributed by atoms with Gasteiger partial charge in [-0.25, -0.2) is 4.98 Å². The maximum Gasteiger partial charge on any atom is 0.227 e. The Morgan fingerprint density at radius 3 is 2.50 bits per heavy atom. The van der Waals surface area contributed by atoms with E-state index in [1.54, 1.807) is 11.3 Å². The Morgan fingerprint density at radius 2 is 1.82 bits per heavy atom. The zero-order chi connectivity index (χ0) is 15.4. The number of thiazole rings is 1. The number of aryl methyl sites for hydroxylation is 1. The first kappa shape index (κ1) is 15.2. The molecule has 0 spiro atoms. The molecular formula is C18H22N2OS. The molecule has 1 saturated heterocycles. The number of carbonyl (C=O) groups is 1. The second-order valence-corrected chi connectivity index (χ2v) is 6.95. The van der Waals surface area contributed by atoms with Gasteiger partial charge in [-0.15, -0.1) is 11.3 Å². The Bertz CT molecular complexity index is 628. The molecule has 1 aromatic carbocycles. The van der Waals surface area contributed by atoms with Crippen LogP contribution in [0.1, 0.15) is 36.3 Å². The number of hydrogen-bond donors (Lipinski definition) is 0. The molecular weight excluding hydrogens is 292 g/mol. The number of hydrogen-bond acceptors (Lipinski definition) is 3. The molecule has 0 radical (unpaired) electrons. The van der Waals surface area contributed by atoms with Crippen molar-refractivity contribution in [3.63, 3.8) is 0 Å². The van der Waals surface area contributed by atoms with Crippen LogP contribution in [0.4, 0.5) is 0 Å². The molecule has 0 aliphatic carbocycles. The second kappa shape index (κ2) is 7.05. The van der Waals surface area contributed by atoms with Gasteiger partial charge in [-0.05, 0) is 19.8 Å². The molecule has 1 aliphatic rings. The topological polar surface area (TPSA) is 33.2 Å². The van der Waals surface area contributed by atoms with E-state index in [1.165, 1.54) is 12.8 Å². The van der Waals surface area contributed by atoms with E-state index in [1.807, 2.05) is 30.0 Å². The average Bonchev–Trinajstić information content (AvgIpc) is 2.76. The van der Waals surface area contributed by atoms with Gasteiger partial charge in [-0.1, -0.05) is 43.2 Å². The SMILES string of the molecule is Cc1nc(-c2ccccc2)sc1CC(=O)N1CCCCCC1. The molecule has 0 bridgehead atoms. The molecule has 0 atom stereocenters. The third-order valence-electron chi connectivity index (χ3n) is 4.18. The number of rotatable bonds is 3. The van der Waals surface area contributed by atoms with Crippen LogP contribution in [0.25, 0.3) is 10.6 Å². The van der Waals surface area contributed by atoms with E-state index in [0.717, 1.165) is 47.1 Å². The van der Waals surface area contributed by atoms with Gasteiger partial charge in [0, 0.05) is 23.5 Å². The Labute approximate surface area is 136 Å². The highest BCUT2D eigenvalue weighted by atomic mass is 32.1. The summed E-state index contributed by atoms with van der Waals surface area (Å²) in [6.45, 7) is 3.85. The summed E-state index contributed by atoms with van der Waals surface area (Å²) >= 11 is 1.65. The molecule has 0 unspecified atom stereocenters. The molecule has 2 aromatic rings. The van der Waals surface area contributed by atoms with E-state index in [4.69, 9.17) is 0 Å². The molecule has 0 saturated carbocycles. The van der Waals surface area contributed by atoms with E-state index in [9.17, 15) is 4.79 Å². The van der Waals surface area contributed by atoms with Crippen molar-refractivity contribution in [1.29, 1.82) is 0 Å². The lowest BCUT2D eigenvalue weighted by molar-refractivity contribution is -0.130. The van der Waals surface area contributed by atoms with Crippen LogP contribution >= 0.6 is 11.3 Å². The predicted molar refractivity (Wildman–Crippen MR) is 91.0 cm³/mol. The van der Waals surface area contributed by atoms with Crippen LogP contribution in [0.5, 0.6) is 0 Å². The lowest BCUT2D eigenvalue weighted by atomic mass is 10.2. The van der Waals surface area contributed by atoms with Gasteiger partial charge >= 0.3 is 0 Å². The van der Waals surface area contributed by atoms with Crippen LogP contribution in [0, 0.1) is 6.92 Å². The maximum absolute atomic E-state index is 12.5. The van der Waals surface area contributed by atoms with E-state index in [-0.39, 0.29) is 5.91 Å². The van der Waals surface area contributed by atoms with Crippen molar-refractivity contribution in [2.24, 2.45) is 0 Å². The highest BCUT2D eigenvalue weighted by Crippen LogP contribution is 2.28. The van der Waals surface area contributed by atoms with Crippen LogP contribution in [0.15, 0.2) is 30.3 Å². The fourth-order valence-corrected chi connectivity index (χ4v) is 3.92. The minimum atomic E-state index is 0.258. The predicted octanol–water partition coefficient (Wildman–Crippen LogP) is 4.06. The summed E-state index contributed by atoms with van der Waals surface area (Å²) in [5.41, 5.74) is 2.12. The number of carbonyl (C=O) groups excluding carboxylic acids is 1. The Hall–Kier alpha value is -1.68. The van der Waals surface area contributed by atoms with Crippen molar-refractivity contribution in [1.82, 2.24) is 9.88 Å². The summed E-state index contributed by atoms with van der Waals surface area (Å²) < 4.78 is 0. The molecule has 2 heterocycles. The first-order valence-electron chi connectivity index (χ1n) is 8.03. The van der Waals surface area contributed by atoms with Gasteiger partial charge < -0.3 is 4.90 Å². The Morgan fingerprint density at radius 1 is 1.14 bits per heavy atom. The largest absolute Gasteiger partial charge is 0.342 e. The molecule has 1 aliphatic heterocycles. The van der Waals surface area contributed by atoms with Crippen molar-refractivity contribution in [3.8, 4) is 10.6 Å². The monoisotopic (exact) mass is 314 g/mol. The fourth-order valence-electron chi connectivity index (χ4n) is 2.87. The van der Waals surface area contributed by atoms with E-state index in [0.29, 0.717) is 6.42 Å². The number of nitrogens with zero attached hydrogens (tertiary/aromatic N) is 2. The smallest absolute Gasteiger partial charge is 0.227 e. The second-order valence-electron chi connectivity index (χ2n) is 5.87. The lowest BCUT2D eigenvalue weighted by Gasteiger charge is -2.19. The summed E-state index contributed by atoms with van der Waals surface area (Å²) in [5.74, 6) is 0.258. The fraction of sp³-hybridized carbons (Fsp3) is 0.444. The van der Waals surface area contributed by atoms with Crippen molar-refractivity contribution in [2.45, 2.75) is 39.0 Å². The van der Waals surface area contributed by atoms with Crippen molar-refractivity contribution in [3.05, 3.63) is 40.9 Å². The van der Waals surface area contributed by atoms with E-state index in [2.05, 4.69) is 17.1 Å². The third-order valence-corrected chi connectivity index (χ3v) is 5.39. The highest BCUT2D eigenvalue weighted by molar-refractivity contribution is 7.15. The summed E-state index contributed by atoms with van der Waals surface area (Å²) in [4.78, 5) is 20.3. The number of aromatic nitrogens is 1. The minimum Gasteiger partial charge on any atom is -0.342 e. The van der Waals surface area contributed by atoms with Crippen LogP contribution in [0.2, 0.25) is 0 Å². The van der Waals surface area contributed by atoms with Crippen LogP contribution < -0.4 is 0 Å². The first-order chi connectivity index (χ1) is 10.7. The van der Waals surface area contributed by atoms with E-state index >= 15 is 0 Å². The Balaban J connectivity index is 1.72. The van der Waals surface area contributed by atoms with Gasteiger partial charge in [0.25, 0.3) is 0 Å². The van der Waals surface area contributed by atoms with Gasteiger partial charge in [0.05, 0.1) is 12.1 Å². The van der Waals surface area contributed by atoms with Crippen LogP contribution in [-0.4, -0.2) is 28.9 Å². The zero-order valence-electron chi connectivity index (χ0n) is 13.0. The minimum absolute atomic E-state index is 0.258. The van der Waals surface area contributed by atoms with Gasteiger partial charge in [-0.2, -0.15) is 0 Å². The van der Waals surface area contributed by atoms with Crippen molar-refractivity contribution in [2.75, 3.05) is 13.1 Å². The molecule has 3 rings (SSSR count). The number of likely N-dealkylation sites (tertiary alicyclic amines) is 1. The first-order valence-corrected chi connectivity index (χ1v) is 8.85. The molecule has 1 aromatic heterocycles.